The molecule has 0 unspecified atom stereocenters. The fourth-order valence-electron chi connectivity index (χ4n) is 1.09. The first kappa shape index (κ1) is 10.3. The minimum absolute atomic E-state index is 0.479. The molecule has 0 radical (unpaired) electrons. The van der Waals surface area contributed by atoms with Crippen molar-refractivity contribution in [3.63, 3.8) is 0 Å². The SMILES string of the molecule is CSN=C1C=CC(C(C)C)=CC1=N. The lowest BCUT2D eigenvalue weighted by Gasteiger charge is -2.11. The van der Waals surface area contributed by atoms with Crippen molar-refractivity contribution in [2.24, 2.45) is 10.3 Å². The van der Waals surface area contributed by atoms with Crippen molar-refractivity contribution in [2.75, 3.05) is 6.26 Å². The van der Waals surface area contributed by atoms with Gasteiger partial charge in [0.15, 0.2) is 0 Å². The van der Waals surface area contributed by atoms with Crippen LogP contribution in [-0.2, 0) is 0 Å². The van der Waals surface area contributed by atoms with Crippen LogP contribution in [0.1, 0.15) is 13.8 Å². The minimum Gasteiger partial charge on any atom is -0.299 e. The van der Waals surface area contributed by atoms with E-state index in [1.807, 2.05) is 24.5 Å². The molecule has 0 amide bonds. The van der Waals surface area contributed by atoms with Crippen LogP contribution in [0.4, 0.5) is 0 Å². The molecule has 0 aromatic carbocycles. The average Bonchev–Trinajstić information content (AvgIpc) is 2.08. The van der Waals surface area contributed by atoms with Gasteiger partial charge >= 0.3 is 0 Å². The third-order valence-electron chi connectivity index (χ3n) is 1.88. The van der Waals surface area contributed by atoms with Gasteiger partial charge in [-0.05, 0) is 35.6 Å². The summed E-state index contributed by atoms with van der Waals surface area (Å²) in [5.74, 6) is 0.479. The minimum atomic E-state index is 0.479. The number of hydrogen-bond acceptors (Lipinski definition) is 3. The third-order valence-corrected chi connectivity index (χ3v) is 2.26. The van der Waals surface area contributed by atoms with Crippen LogP contribution in [0.15, 0.2) is 28.2 Å². The number of rotatable bonds is 2. The summed E-state index contributed by atoms with van der Waals surface area (Å²) in [6.45, 7) is 4.25. The topological polar surface area (TPSA) is 36.2 Å². The normalized spacial score (nSPS) is 19.8. The van der Waals surface area contributed by atoms with Crippen molar-refractivity contribution in [1.82, 2.24) is 0 Å². The largest absolute Gasteiger partial charge is 0.299 e. The first-order chi connectivity index (χ1) is 6.15. The Hall–Kier alpha value is -0.830. The molecule has 1 aliphatic rings. The Morgan fingerprint density at radius 3 is 2.54 bits per heavy atom. The van der Waals surface area contributed by atoms with E-state index >= 15 is 0 Å². The Labute approximate surface area is 83.5 Å². The predicted molar refractivity (Wildman–Crippen MR) is 60.7 cm³/mol. The Balaban J connectivity index is 2.85. The number of nitrogens with zero attached hydrogens (tertiary/aromatic N) is 1. The van der Waals surface area contributed by atoms with Crippen molar-refractivity contribution in [1.29, 1.82) is 5.41 Å². The van der Waals surface area contributed by atoms with E-state index in [2.05, 4.69) is 18.2 Å². The summed E-state index contributed by atoms with van der Waals surface area (Å²) in [5, 5.41) is 7.70. The van der Waals surface area contributed by atoms with Gasteiger partial charge < -0.3 is 0 Å². The van der Waals surface area contributed by atoms with Crippen LogP contribution in [0.2, 0.25) is 0 Å². The van der Waals surface area contributed by atoms with Gasteiger partial charge in [0.2, 0.25) is 0 Å². The van der Waals surface area contributed by atoms with Crippen LogP contribution in [0.5, 0.6) is 0 Å². The van der Waals surface area contributed by atoms with E-state index < -0.39 is 0 Å². The second kappa shape index (κ2) is 4.42. The Morgan fingerprint density at radius 2 is 2.08 bits per heavy atom. The molecule has 1 aliphatic carbocycles. The molecule has 3 heteroatoms. The number of allylic oxidation sites excluding steroid dienone is 4. The van der Waals surface area contributed by atoms with Crippen LogP contribution in [-0.4, -0.2) is 17.7 Å². The zero-order valence-corrected chi connectivity index (χ0v) is 8.98. The molecule has 0 aromatic heterocycles. The zero-order valence-electron chi connectivity index (χ0n) is 8.16. The van der Waals surface area contributed by atoms with E-state index in [1.165, 1.54) is 17.5 Å². The van der Waals surface area contributed by atoms with E-state index in [9.17, 15) is 0 Å². The van der Waals surface area contributed by atoms with Gasteiger partial charge in [-0.2, -0.15) is 0 Å². The lowest BCUT2D eigenvalue weighted by atomic mass is 9.95. The maximum Gasteiger partial charge on any atom is 0.0962 e. The Morgan fingerprint density at radius 1 is 1.38 bits per heavy atom. The van der Waals surface area contributed by atoms with Crippen LogP contribution < -0.4 is 0 Å². The van der Waals surface area contributed by atoms with E-state index in [0.29, 0.717) is 11.6 Å². The summed E-state index contributed by atoms with van der Waals surface area (Å²) in [5.41, 5.74) is 2.47. The highest BCUT2D eigenvalue weighted by atomic mass is 32.2. The van der Waals surface area contributed by atoms with Gasteiger partial charge in [-0.1, -0.05) is 19.9 Å². The molecule has 0 aromatic rings. The highest BCUT2D eigenvalue weighted by Gasteiger charge is 2.10. The zero-order chi connectivity index (χ0) is 9.84. The van der Waals surface area contributed by atoms with Crippen LogP contribution in [0, 0.1) is 11.3 Å². The van der Waals surface area contributed by atoms with Gasteiger partial charge in [-0.15, -0.1) is 0 Å². The number of hydrogen-bond donors (Lipinski definition) is 1. The molecule has 0 saturated carbocycles. The average molecular weight is 194 g/mol. The first-order valence-corrected chi connectivity index (χ1v) is 5.43. The monoisotopic (exact) mass is 194 g/mol. The number of nitrogens with one attached hydrogen (secondary N) is 1. The van der Waals surface area contributed by atoms with Crippen molar-refractivity contribution >= 4 is 23.4 Å². The van der Waals surface area contributed by atoms with Gasteiger partial charge in [-0.25, -0.2) is 4.40 Å². The molecule has 13 heavy (non-hydrogen) atoms. The smallest absolute Gasteiger partial charge is 0.0962 e. The van der Waals surface area contributed by atoms with Gasteiger partial charge in [0.1, 0.15) is 0 Å². The Kier molecular flexibility index (Phi) is 3.48. The predicted octanol–water partition coefficient (Wildman–Crippen LogP) is 2.88. The quantitative estimate of drug-likeness (QED) is 0.532. The van der Waals surface area contributed by atoms with Crippen molar-refractivity contribution < 1.29 is 0 Å². The molecule has 0 spiro atoms. The molecule has 0 heterocycles. The van der Waals surface area contributed by atoms with E-state index in [0.717, 1.165) is 5.71 Å². The summed E-state index contributed by atoms with van der Waals surface area (Å²) in [4.78, 5) is 0. The molecule has 0 bridgehead atoms. The summed E-state index contributed by atoms with van der Waals surface area (Å²) >= 11 is 1.39. The Bertz CT molecular complexity index is 298. The van der Waals surface area contributed by atoms with E-state index in [4.69, 9.17) is 5.41 Å². The fraction of sp³-hybridized carbons (Fsp3) is 0.400. The molecular weight excluding hydrogens is 180 g/mol. The summed E-state index contributed by atoms with van der Waals surface area (Å²) < 4.78 is 4.14. The van der Waals surface area contributed by atoms with Crippen molar-refractivity contribution in [3.05, 3.63) is 23.8 Å². The highest BCUT2D eigenvalue weighted by molar-refractivity contribution is 7.97. The molecule has 0 saturated heterocycles. The lowest BCUT2D eigenvalue weighted by Crippen LogP contribution is -2.12. The molecule has 0 fully saturated rings. The highest BCUT2D eigenvalue weighted by Crippen LogP contribution is 2.16. The molecule has 0 aliphatic heterocycles. The fourth-order valence-corrected chi connectivity index (χ4v) is 1.45. The maximum absolute atomic E-state index is 7.70. The van der Waals surface area contributed by atoms with Crippen LogP contribution >= 0.6 is 11.9 Å². The van der Waals surface area contributed by atoms with Crippen LogP contribution in [0.3, 0.4) is 0 Å². The second-order valence-electron chi connectivity index (χ2n) is 3.21. The lowest BCUT2D eigenvalue weighted by molar-refractivity contribution is 0.792. The molecule has 1 rings (SSSR count). The van der Waals surface area contributed by atoms with E-state index in [1.54, 1.807) is 0 Å². The van der Waals surface area contributed by atoms with Gasteiger partial charge in [-0.3, -0.25) is 5.41 Å². The standard InChI is InChI=1S/C10H14N2S/c1-7(2)8-4-5-10(12-13-3)9(11)6-8/h4-7,11H,1-3H3. The molecule has 2 nitrogen and oxygen atoms in total. The van der Waals surface area contributed by atoms with E-state index in [-0.39, 0.29) is 0 Å². The molecule has 1 N–H and O–H groups in total. The molecular formula is C10H14N2S. The summed E-state index contributed by atoms with van der Waals surface area (Å²) in [7, 11) is 0. The summed E-state index contributed by atoms with van der Waals surface area (Å²) in [6.07, 6.45) is 7.74. The molecule has 70 valence electrons. The second-order valence-corrected chi connectivity index (χ2v) is 3.75. The van der Waals surface area contributed by atoms with Gasteiger partial charge in [0.05, 0.1) is 11.4 Å². The van der Waals surface area contributed by atoms with Crippen molar-refractivity contribution in [2.45, 2.75) is 13.8 Å². The van der Waals surface area contributed by atoms with Gasteiger partial charge in [0, 0.05) is 6.26 Å². The maximum atomic E-state index is 7.70. The first-order valence-electron chi connectivity index (χ1n) is 4.25. The van der Waals surface area contributed by atoms with Crippen molar-refractivity contribution in [3.8, 4) is 0 Å². The molecule has 0 atom stereocenters. The van der Waals surface area contributed by atoms with Crippen LogP contribution in [0.25, 0.3) is 0 Å². The third kappa shape index (κ3) is 2.56. The summed E-state index contributed by atoms with van der Waals surface area (Å²) in [6, 6.07) is 0. The van der Waals surface area contributed by atoms with Gasteiger partial charge in [0.25, 0.3) is 0 Å².